The van der Waals surface area contributed by atoms with Gasteiger partial charge in [-0.2, -0.15) is 0 Å². The summed E-state index contributed by atoms with van der Waals surface area (Å²) in [6, 6.07) is 5.17. The molecule has 1 aromatic carbocycles. The van der Waals surface area contributed by atoms with Gasteiger partial charge in [0.1, 0.15) is 10.6 Å². The Balaban J connectivity index is 2.66. The van der Waals surface area contributed by atoms with Crippen molar-refractivity contribution in [1.82, 2.24) is 0 Å². The number of hydrogen-bond acceptors (Lipinski definition) is 4. The lowest BCUT2D eigenvalue weighted by Gasteiger charge is -2.11. The molecule has 0 unspecified atom stereocenters. The van der Waals surface area contributed by atoms with Gasteiger partial charge >= 0.3 is 5.97 Å². The van der Waals surface area contributed by atoms with Crippen LogP contribution >= 0.6 is 11.3 Å². The fourth-order valence-electron chi connectivity index (χ4n) is 2.12. The minimum absolute atomic E-state index is 0.0606. The van der Waals surface area contributed by atoms with E-state index in [4.69, 9.17) is 4.74 Å². The van der Waals surface area contributed by atoms with Gasteiger partial charge in [-0.05, 0) is 36.4 Å². The third kappa shape index (κ3) is 2.32. The first kappa shape index (κ1) is 14.3. The number of hydrogen-bond donors (Lipinski definition) is 1. The Morgan fingerprint density at radius 3 is 2.25 bits per heavy atom. The Labute approximate surface area is 120 Å². The fourth-order valence-corrected chi connectivity index (χ4v) is 2.92. The van der Waals surface area contributed by atoms with Crippen LogP contribution in [0.3, 0.4) is 0 Å². The number of aryl methyl sites for hydroxylation is 2. The molecule has 0 radical (unpaired) electrons. The first-order valence-electron chi connectivity index (χ1n) is 5.97. The number of rotatable bonds is 4. The third-order valence-electron chi connectivity index (χ3n) is 3.12. The Morgan fingerprint density at radius 1 is 1.10 bits per heavy atom. The van der Waals surface area contributed by atoms with E-state index in [9.17, 15) is 14.7 Å². The standard InChI is InChI=1S/C15H14O4S/c1-8-4-5-9(2)12(15(17)18)11(8)13(16)14-10(19-3)6-7-20-14/h4-7H,1-3H3,(H,17,18). The number of thiophene rings is 1. The Hall–Kier alpha value is -2.14. The topological polar surface area (TPSA) is 63.6 Å². The first-order chi connectivity index (χ1) is 9.47. The minimum Gasteiger partial charge on any atom is -0.495 e. The zero-order chi connectivity index (χ0) is 14.9. The summed E-state index contributed by atoms with van der Waals surface area (Å²) in [5.41, 5.74) is 1.51. The van der Waals surface area contributed by atoms with Crippen molar-refractivity contribution >= 4 is 23.1 Å². The van der Waals surface area contributed by atoms with Crippen LogP contribution in [0.25, 0.3) is 0 Å². The number of carbonyl (C=O) groups excluding carboxylic acids is 1. The number of carbonyl (C=O) groups is 2. The average Bonchev–Trinajstić information content (AvgIpc) is 2.88. The average molecular weight is 290 g/mol. The summed E-state index contributed by atoms with van der Waals surface area (Å²) in [6.07, 6.45) is 0. The SMILES string of the molecule is COc1ccsc1C(=O)c1c(C)ccc(C)c1C(=O)O. The molecule has 2 aromatic rings. The van der Waals surface area contributed by atoms with Crippen molar-refractivity contribution in [2.45, 2.75) is 13.8 Å². The number of ketones is 1. The highest BCUT2D eigenvalue weighted by molar-refractivity contribution is 7.12. The summed E-state index contributed by atoms with van der Waals surface area (Å²) in [6.45, 7) is 3.42. The summed E-state index contributed by atoms with van der Waals surface area (Å²) in [5, 5.41) is 11.1. The van der Waals surface area contributed by atoms with Gasteiger partial charge in [0.2, 0.25) is 5.78 Å². The van der Waals surface area contributed by atoms with Gasteiger partial charge in [-0.1, -0.05) is 12.1 Å². The molecule has 0 aliphatic rings. The Morgan fingerprint density at radius 2 is 1.70 bits per heavy atom. The molecule has 0 bridgehead atoms. The number of ether oxygens (including phenoxy) is 1. The smallest absolute Gasteiger partial charge is 0.336 e. The summed E-state index contributed by atoms with van der Waals surface area (Å²) in [5.74, 6) is -0.933. The second kappa shape index (κ2) is 5.46. The van der Waals surface area contributed by atoms with E-state index in [0.717, 1.165) is 0 Å². The molecule has 0 aliphatic carbocycles. The van der Waals surface area contributed by atoms with Gasteiger partial charge in [0, 0.05) is 5.56 Å². The molecular weight excluding hydrogens is 276 g/mol. The third-order valence-corrected chi connectivity index (χ3v) is 4.01. The van der Waals surface area contributed by atoms with Crippen LogP contribution in [0.2, 0.25) is 0 Å². The van der Waals surface area contributed by atoms with Crippen molar-refractivity contribution < 1.29 is 19.4 Å². The summed E-state index contributed by atoms with van der Waals surface area (Å²) in [4.78, 5) is 24.5. The summed E-state index contributed by atoms with van der Waals surface area (Å²) >= 11 is 1.24. The maximum atomic E-state index is 12.7. The second-order valence-electron chi connectivity index (χ2n) is 4.40. The monoisotopic (exact) mass is 290 g/mol. The van der Waals surface area contributed by atoms with E-state index in [-0.39, 0.29) is 16.9 Å². The van der Waals surface area contributed by atoms with Crippen LogP contribution < -0.4 is 4.74 Å². The predicted octanol–water partition coefficient (Wildman–Crippen LogP) is 3.30. The molecular formula is C15H14O4S. The maximum Gasteiger partial charge on any atom is 0.336 e. The van der Waals surface area contributed by atoms with Crippen LogP contribution in [0.15, 0.2) is 23.6 Å². The number of aromatic carboxylic acids is 1. The normalized spacial score (nSPS) is 10.3. The van der Waals surface area contributed by atoms with Gasteiger partial charge in [-0.3, -0.25) is 4.79 Å². The minimum atomic E-state index is -1.09. The number of benzene rings is 1. The molecule has 0 aliphatic heterocycles. The summed E-state index contributed by atoms with van der Waals surface area (Å²) in [7, 11) is 1.49. The molecule has 1 N–H and O–H groups in total. The molecule has 1 aromatic heterocycles. The molecule has 5 heteroatoms. The van der Waals surface area contributed by atoms with Crippen molar-refractivity contribution in [2.24, 2.45) is 0 Å². The molecule has 0 saturated carbocycles. The molecule has 104 valence electrons. The van der Waals surface area contributed by atoms with Crippen molar-refractivity contribution in [2.75, 3.05) is 7.11 Å². The van der Waals surface area contributed by atoms with Gasteiger partial charge in [-0.15, -0.1) is 11.3 Å². The molecule has 0 fully saturated rings. The molecule has 20 heavy (non-hydrogen) atoms. The van der Waals surface area contributed by atoms with E-state index >= 15 is 0 Å². The molecule has 4 nitrogen and oxygen atoms in total. The van der Waals surface area contributed by atoms with E-state index in [0.29, 0.717) is 21.8 Å². The number of carboxylic acid groups (broad SMARTS) is 1. The van der Waals surface area contributed by atoms with Crippen molar-refractivity contribution in [3.63, 3.8) is 0 Å². The molecule has 0 amide bonds. The molecule has 1 heterocycles. The van der Waals surface area contributed by atoms with Crippen molar-refractivity contribution in [3.8, 4) is 5.75 Å². The largest absolute Gasteiger partial charge is 0.495 e. The van der Waals surface area contributed by atoms with Crippen LogP contribution in [0, 0.1) is 13.8 Å². The number of methoxy groups -OCH3 is 1. The highest BCUT2D eigenvalue weighted by Gasteiger charge is 2.25. The highest BCUT2D eigenvalue weighted by Crippen LogP contribution is 2.30. The highest BCUT2D eigenvalue weighted by atomic mass is 32.1. The van der Waals surface area contributed by atoms with Gasteiger partial charge in [0.05, 0.1) is 12.7 Å². The van der Waals surface area contributed by atoms with Crippen LogP contribution in [-0.2, 0) is 0 Å². The molecule has 2 rings (SSSR count). The lowest BCUT2D eigenvalue weighted by Crippen LogP contribution is -2.13. The Kier molecular flexibility index (Phi) is 3.90. The number of carboxylic acids is 1. The lowest BCUT2D eigenvalue weighted by atomic mass is 9.93. The van der Waals surface area contributed by atoms with E-state index in [2.05, 4.69) is 0 Å². The molecule has 0 atom stereocenters. The first-order valence-corrected chi connectivity index (χ1v) is 6.85. The van der Waals surface area contributed by atoms with Crippen LogP contribution in [0.1, 0.15) is 36.7 Å². The molecule has 0 spiro atoms. The van der Waals surface area contributed by atoms with Gasteiger partial charge in [0.25, 0.3) is 0 Å². The zero-order valence-corrected chi connectivity index (χ0v) is 12.2. The molecule has 0 saturated heterocycles. The zero-order valence-electron chi connectivity index (χ0n) is 11.4. The van der Waals surface area contributed by atoms with Crippen LogP contribution in [-0.4, -0.2) is 24.0 Å². The lowest BCUT2D eigenvalue weighted by molar-refractivity contribution is 0.0692. The summed E-state index contributed by atoms with van der Waals surface area (Å²) < 4.78 is 5.14. The van der Waals surface area contributed by atoms with Crippen molar-refractivity contribution in [3.05, 3.63) is 50.7 Å². The van der Waals surface area contributed by atoms with Gasteiger partial charge in [0.15, 0.2) is 0 Å². The van der Waals surface area contributed by atoms with E-state index in [1.165, 1.54) is 18.4 Å². The van der Waals surface area contributed by atoms with Crippen LogP contribution in [0.5, 0.6) is 5.75 Å². The fraction of sp³-hybridized carbons (Fsp3) is 0.200. The van der Waals surface area contributed by atoms with Gasteiger partial charge in [-0.25, -0.2) is 4.79 Å². The van der Waals surface area contributed by atoms with Crippen LogP contribution in [0.4, 0.5) is 0 Å². The van der Waals surface area contributed by atoms with E-state index in [1.54, 1.807) is 37.4 Å². The van der Waals surface area contributed by atoms with E-state index < -0.39 is 5.97 Å². The van der Waals surface area contributed by atoms with Gasteiger partial charge < -0.3 is 9.84 Å². The maximum absolute atomic E-state index is 12.7. The second-order valence-corrected chi connectivity index (χ2v) is 5.32. The predicted molar refractivity (Wildman–Crippen MR) is 77.2 cm³/mol. The van der Waals surface area contributed by atoms with E-state index in [1.807, 2.05) is 0 Å². The Bertz CT molecular complexity index is 685. The van der Waals surface area contributed by atoms with Crippen molar-refractivity contribution in [1.29, 1.82) is 0 Å². The quantitative estimate of drug-likeness (QED) is 0.877.